The Kier molecular flexibility index (Phi) is 9.10. The van der Waals surface area contributed by atoms with E-state index >= 15 is 0 Å². The smallest absolute Gasteiger partial charge is 0.228 e. The van der Waals surface area contributed by atoms with Gasteiger partial charge in [0.1, 0.15) is 4.93 Å². The summed E-state index contributed by atoms with van der Waals surface area (Å²) in [5, 5.41) is 0. The molecule has 2 atom stereocenters. The maximum Gasteiger partial charge on any atom is 0.228 e. The Hall–Kier alpha value is -0.260. The molecule has 0 spiro atoms. The summed E-state index contributed by atoms with van der Waals surface area (Å²) in [5.41, 5.74) is -0.330. The van der Waals surface area contributed by atoms with Crippen LogP contribution < -0.4 is 0 Å². The van der Waals surface area contributed by atoms with Crippen molar-refractivity contribution in [2.75, 3.05) is 39.3 Å². The molecule has 1 heterocycles. The lowest BCUT2D eigenvalue weighted by Crippen LogP contribution is -2.52. The molecule has 1 aliphatic rings. The molecule has 0 N–H and O–H groups in total. The maximum absolute atomic E-state index is 13.0. The molecule has 24 heavy (non-hydrogen) atoms. The summed E-state index contributed by atoms with van der Waals surface area (Å²) in [4.78, 5) is 17.1. The number of hydrogen-bond donors (Lipinski definition) is 1. The zero-order chi connectivity index (χ0) is 18.2. The highest BCUT2D eigenvalue weighted by Crippen LogP contribution is 2.31. The summed E-state index contributed by atoms with van der Waals surface area (Å²) in [6.07, 6.45) is 4.76. The van der Waals surface area contributed by atoms with Crippen LogP contribution in [0, 0.1) is 5.41 Å². The topological polar surface area (TPSA) is 32.8 Å². The minimum Gasteiger partial charge on any atom is -0.365 e. The lowest BCUT2D eigenvalue weighted by atomic mass is 9.82. The van der Waals surface area contributed by atoms with E-state index in [2.05, 4.69) is 50.1 Å². The zero-order valence-corrected chi connectivity index (χ0v) is 17.3. The van der Waals surface area contributed by atoms with Gasteiger partial charge >= 0.3 is 0 Å². The van der Waals surface area contributed by atoms with Gasteiger partial charge in [-0.15, -0.1) is 12.6 Å². The van der Waals surface area contributed by atoms with Gasteiger partial charge in [0.25, 0.3) is 0 Å². The maximum atomic E-state index is 13.0. The van der Waals surface area contributed by atoms with Crippen LogP contribution in [-0.4, -0.2) is 60.0 Å². The molecule has 1 aliphatic heterocycles. The lowest BCUT2D eigenvalue weighted by Gasteiger charge is -2.40. The Balaban J connectivity index is 2.52. The quantitative estimate of drug-likeness (QED) is 0.476. The van der Waals surface area contributed by atoms with E-state index in [0.29, 0.717) is 12.5 Å². The summed E-state index contributed by atoms with van der Waals surface area (Å²) < 4.78 is 5.94. The summed E-state index contributed by atoms with van der Waals surface area (Å²) in [5.74, 6) is 0.293. The van der Waals surface area contributed by atoms with E-state index in [1.54, 1.807) is 0 Å². The average molecular weight is 359 g/mol. The highest BCUT2D eigenvalue weighted by molar-refractivity contribution is 7.81. The number of hydrogen-bond acceptors (Lipinski definition) is 4. The van der Waals surface area contributed by atoms with Gasteiger partial charge in [-0.1, -0.05) is 34.1 Å². The van der Waals surface area contributed by atoms with Crippen molar-refractivity contribution >= 4 is 18.5 Å². The van der Waals surface area contributed by atoms with Gasteiger partial charge in [-0.05, 0) is 39.2 Å². The Labute approximate surface area is 154 Å². The molecule has 1 amide bonds. The van der Waals surface area contributed by atoms with Gasteiger partial charge in [-0.2, -0.15) is 0 Å². The first-order valence-electron chi connectivity index (χ1n) is 9.66. The van der Waals surface area contributed by atoms with Gasteiger partial charge in [0.2, 0.25) is 5.91 Å². The van der Waals surface area contributed by atoms with Gasteiger partial charge in [0.15, 0.2) is 0 Å². The number of amides is 1. The number of carbonyl (C=O) groups excluding carboxylic acids is 1. The molecular formula is C19H38N2O2S. The second-order valence-corrected chi connectivity index (χ2v) is 8.52. The number of thiol groups is 1. The Morgan fingerprint density at radius 1 is 1.04 bits per heavy atom. The van der Waals surface area contributed by atoms with Crippen LogP contribution in [0.15, 0.2) is 0 Å². The van der Waals surface area contributed by atoms with Gasteiger partial charge in [-0.3, -0.25) is 9.69 Å². The molecule has 0 aromatic rings. The van der Waals surface area contributed by atoms with Crippen LogP contribution in [0.5, 0.6) is 0 Å². The highest BCUT2D eigenvalue weighted by atomic mass is 32.1. The second kappa shape index (κ2) is 10.0. The SMILES string of the molecule is CCCN1CCN(C(=O)C(C)(CC)CCOC(C)(S)CCC)CC1. The highest BCUT2D eigenvalue weighted by Gasteiger charge is 2.36. The van der Waals surface area contributed by atoms with Crippen molar-refractivity contribution in [2.45, 2.75) is 71.7 Å². The molecule has 142 valence electrons. The fraction of sp³-hybridized carbons (Fsp3) is 0.947. The molecule has 0 saturated carbocycles. The van der Waals surface area contributed by atoms with Crippen molar-refractivity contribution in [3.8, 4) is 0 Å². The molecule has 1 saturated heterocycles. The van der Waals surface area contributed by atoms with Crippen molar-refractivity contribution in [3.05, 3.63) is 0 Å². The molecule has 0 aliphatic carbocycles. The summed E-state index contributed by atoms with van der Waals surface area (Å²) in [6, 6.07) is 0. The minimum atomic E-state index is -0.391. The first-order chi connectivity index (χ1) is 11.3. The Bertz CT molecular complexity index is 382. The first-order valence-corrected chi connectivity index (χ1v) is 10.1. The summed E-state index contributed by atoms with van der Waals surface area (Å²) >= 11 is 4.59. The van der Waals surface area contributed by atoms with Gasteiger partial charge in [-0.25, -0.2) is 0 Å². The monoisotopic (exact) mass is 358 g/mol. The fourth-order valence-corrected chi connectivity index (χ4v) is 3.65. The molecule has 1 fully saturated rings. The van der Waals surface area contributed by atoms with Crippen LogP contribution in [0.3, 0.4) is 0 Å². The molecule has 0 aromatic heterocycles. The number of piperazine rings is 1. The van der Waals surface area contributed by atoms with E-state index in [-0.39, 0.29) is 5.41 Å². The lowest BCUT2D eigenvalue weighted by molar-refractivity contribution is -0.145. The van der Waals surface area contributed by atoms with Crippen molar-refractivity contribution in [1.82, 2.24) is 9.80 Å². The summed E-state index contributed by atoms with van der Waals surface area (Å²) in [7, 11) is 0. The number of ether oxygens (including phenoxy) is 1. The van der Waals surface area contributed by atoms with Crippen molar-refractivity contribution in [3.63, 3.8) is 0 Å². The normalized spacial score (nSPS) is 21.3. The predicted octanol–water partition coefficient (Wildman–Crippen LogP) is 3.81. The van der Waals surface area contributed by atoms with Crippen LogP contribution in [0.2, 0.25) is 0 Å². The number of nitrogens with zero attached hydrogens (tertiary/aromatic N) is 2. The number of rotatable bonds is 10. The molecule has 1 rings (SSSR count). The number of carbonyl (C=O) groups is 1. The van der Waals surface area contributed by atoms with E-state index < -0.39 is 4.93 Å². The second-order valence-electron chi connectivity index (χ2n) is 7.57. The third-order valence-corrected chi connectivity index (χ3v) is 5.63. The Morgan fingerprint density at radius 2 is 1.67 bits per heavy atom. The van der Waals surface area contributed by atoms with E-state index in [0.717, 1.165) is 58.4 Å². The summed E-state index contributed by atoms with van der Waals surface area (Å²) in [6.45, 7) is 16.0. The van der Waals surface area contributed by atoms with Crippen LogP contribution >= 0.6 is 12.6 Å². The molecule has 0 bridgehead atoms. The van der Waals surface area contributed by atoms with Crippen molar-refractivity contribution < 1.29 is 9.53 Å². The first kappa shape index (κ1) is 21.8. The van der Waals surface area contributed by atoms with Gasteiger partial charge in [0.05, 0.1) is 0 Å². The molecule has 2 unspecified atom stereocenters. The van der Waals surface area contributed by atoms with E-state index in [1.807, 2.05) is 6.92 Å². The minimum absolute atomic E-state index is 0.293. The standard InChI is InChI=1S/C19H38N2O2S/c1-6-9-19(5,24)23-16-10-18(4,8-3)17(22)21-14-12-20(11-7-2)13-15-21/h24H,6-16H2,1-5H3. The van der Waals surface area contributed by atoms with Crippen molar-refractivity contribution in [1.29, 1.82) is 0 Å². The zero-order valence-electron chi connectivity index (χ0n) is 16.4. The van der Waals surface area contributed by atoms with E-state index in [1.165, 1.54) is 6.42 Å². The average Bonchev–Trinajstić information content (AvgIpc) is 2.54. The fourth-order valence-electron chi connectivity index (χ4n) is 3.34. The van der Waals surface area contributed by atoms with Crippen LogP contribution in [0.1, 0.15) is 66.7 Å². The van der Waals surface area contributed by atoms with Crippen molar-refractivity contribution in [2.24, 2.45) is 5.41 Å². The van der Waals surface area contributed by atoms with Gasteiger partial charge < -0.3 is 9.64 Å². The van der Waals surface area contributed by atoms with E-state index in [4.69, 9.17) is 4.74 Å². The van der Waals surface area contributed by atoms with Crippen LogP contribution in [0.4, 0.5) is 0 Å². The van der Waals surface area contributed by atoms with Crippen LogP contribution in [-0.2, 0) is 9.53 Å². The van der Waals surface area contributed by atoms with Crippen LogP contribution in [0.25, 0.3) is 0 Å². The molecule has 4 nitrogen and oxygen atoms in total. The van der Waals surface area contributed by atoms with Gasteiger partial charge in [0, 0.05) is 38.2 Å². The largest absolute Gasteiger partial charge is 0.365 e. The Morgan fingerprint density at radius 3 is 2.17 bits per heavy atom. The van der Waals surface area contributed by atoms with E-state index in [9.17, 15) is 4.79 Å². The molecule has 0 aromatic carbocycles. The third kappa shape index (κ3) is 6.57. The molecule has 5 heteroatoms. The predicted molar refractivity (Wildman–Crippen MR) is 105 cm³/mol. The third-order valence-electron chi connectivity index (χ3n) is 5.28. The molecular weight excluding hydrogens is 320 g/mol. The molecule has 0 radical (unpaired) electrons.